The predicted octanol–water partition coefficient (Wildman–Crippen LogP) is 3.15. The van der Waals surface area contributed by atoms with Crippen LogP contribution in [0.5, 0.6) is 0 Å². The van der Waals surface area contributed by atoms with Crippen molar-refractivity contribution in [3.8, 4) is 0 Å². The van der Waals surface area contributed by atoms with Crippen LogP contribution in [-0.2, 0) is 10.5 Å². The van der Waals surface area contributed by atoms with Crippen LogP contribution < -0.4 is 5.32 Å². The average molecular weight is 247 g/mol. The molecule has 0 aliphatic carbocycles. The Labute approximate surface area is 104 Å². The Morgan fingerprint density at radius 2 is 2.00 bits per heavy atom. The first-order valence-electron chi connectivity index (χ1n) is 5.29. The molecule has 1 heterocycles. The van der Waals surface area contributed by atoms with Gasteiger partial charge in [-0.05, 0) is 24.3 Å². The van der Waals surface area contributed by atoms with E-state index in [1.54, 1.807) is 6.26 Å². The molecule has 0 saturated heterocycles. The standard InChI is InChI=1S/C13H13NO2S/c15-13(14-11-5-2-1-3-6-11)10-17-9-12-7-4-8-16-12/h1-8H,9-10H2,(H,14,15). The fourth-order valence-corrected chi connectivity index (χ4v) is 2.08. The van der Waals surface area contributed by atoms with E-state index in [1.807, 2.05) is 42.5 Å². The van der Waals surface area contributed by atoms with Crippen LogP contribution in [0.4, 0.5) is 5.69 Å². The predicted molar refractivity (Wildman–Crippen MR) is 69.9 cm³/mol. The molecule has 0 bridgehead atoms. The highest BCUT2D eigenvalue weighted by Crippen LogP contribution is 2.13. The van der Waals surface area contributed by atoms with Crippen LogP contribution in [0.2, 0.25) is 0 Å². The van der Waals surface area contributed by atoms with Gasteiger partial charge >= 0.3 is 0 Å². The lowest BCUT2D eigenvalue weighted by Gasteiger charge is -2.03. The van der Waals surface area contributed by atoms with Crippen LogP contribution in [0.1, 0.15) is 5.76 Å². The lowest BCUT2D eigenvalue weighted by molar-refractivity contribution is -0.113. The van der Waals surface area contributed by atoms with E-state index in [4.69, 9.17) is 4.42 Å². The molecule has 0 saturated carbocycles. The molecule has 2 aromatic rings. The summed E-state index contributed by atoms with van der Waals surface area (Å²) in [6, 6.07) is 13.2. The number of nitrogens with one attached hydrogen (secondary N) is 1. The maximum atomic E-state index is 11.6. The first-order chi connectivity index (χ1) is 8.34. The van der Waals surface area contributed by atoms with Crippen molar-refractivity contribution in [2.24, 2.45) is 0 Å². The number of benzene rings is 1. The normalized spacial score (nSPS) is 10.1. The lowest BCUT2D eigenvalue weighted by Crippen LogP contribution is -2.13. The molecule has 3 nitrogen and oxygen atoms in total. The van der Waals surface area contributed by atoms with Gasteiger partial charge in [0, 0.05) is 5.69 Å². The first-order valence-corrected chi connectivity index (χ1v) is 6.45. The molecule has 1 amide bonds. The number of hydrogen-bond donors (Lipinski definition) is 1. The third-order valence-corrected chi connectivity index (χ3v) is 3.07. The summed E-state index contributed by atoms with van der Waals surface area (Å²) in [5.74, 6) is 2.04. The molecule has 2 rings (SSSR count). The molecule has 0 spiro atoms. The van der Waals surface area contributed by atoms with E-state index in [0.717, 1.165) is 17.2 Å². The minimum absolute atomic E-state index is 0.00718. The molecule has 0 aliphatic heterocycles. The van der Waals surface area contributed by atoms with E-state index in [-0.39, 0.29) is 5.91 Å². The van der Waals surface area contributed by atoms with Gasteiger partial charge in [-0.25, -0.2) is 0 Å². The number of carbonyl (C=O) groups is 1. The van der Waals surface area contributed by atoms with Crippen molar-refractivity contribution in [1.82, 2.24) is 0 Å². The summed E-state index contributed by atoms with van der Waals surface area (Å²) in [7, 11) is 0. The number of rotatable bonds is 5. The lowest BCUT2D eigenvalue weighted by atomic mass is 10.3. The SMILES string of the molecule is O=C(CSCc1ccco1)Nc1ccccc1. The van der Waals surface area contributed by atoms with Gasteiger partial charge in [0.1, 0.15) is 5.76 Å². The van der Waals surface area contributed by atoms with Crippen molar-refractivity contribution in [3.05, 3.63) is 54.5 Å². The Morgan fingerprint density at radius 3 is 2.71 bits per heavy atom. The van der Waals surface area contributed by atoms with Crippen LogP contribution in [0.25, 0.3) is 0 Å². The van der Waals surface area contributed by atoms with Gasteiger partial charge in [0.05, 0.1) is 17.8 Å². The highest BCUT2D eigenvalue weighted by Gasteiger charge is 2.03. The maximum Gasteiger partial charge on any atom is 0.234 e. The summed E-state index contributed by atoms with van der Waals surface area (Å²) in [5, 5.41) is 2.83. The Hall–Kier alpha value is -1.68. The third kappa shape index (κ3) is 4.00. The van der Waals surface area contributed by atoms with Crippen molar-refractivity contribution < 1.29 is 9.21 Å². The molecule has 0 unspecified atom stereocenters. The van der Waals surface area contributed by atoms with Crippen LogP contribution in [0.15, 0.2) is 53.1 Å². The topological polar surface area (TPSA) is 42.2 Å². The fraction of sp³-hybridized carbons (Fsp3) is 0.154. The van der Waals surface area contributed by atoms with Crippen LogP contribution in [-0.4, -0.2) is 11.7 Å². The zero-order valence-electron chi connectivity index (χ0n) is 9.26. The molecule has 17 heavy (non-hydrogen) atoms. The average Bonchev–Trinajstić information content (AvgIpc) is 2.83. The molecule has 1 aromatic carbocycles. The summed E-state index contributed by atoms with van der Waals surface area (Å²) in [6.07, 6.45) is 1.64. The van der Waals surface area contributed by atoms with E-state index >= 15 is 0 Å². The van der Waals surface area contributed by atoms with Crippen molar-refractivity contribution in [2.75, 3.05) is 11.1 Å². The zero-order valence-corrected chi connectivity index (χ0v) is 10.1. The van der Waals surface area contributed by atoms with Gasteiger partial charge in [0.25, 0.3) is 0 Å². The second kappa shape index (κ2) is 6.15. The molecule has 1 aromatic heterocycles. The van der Waals surface area contributed by atoms with E-state index in [2.05, 4.69) is 5.32 Å². The van der Waals surface area contributed by atoms with Gasteiger partial charge in [0.15, 0.2) is 0 Å². The summed E-state index contributed by atoms with van der Waals surface area (Å²) in [4.78, 5) is 11.6. The summed E-state index contributed by atoms with van der Waals surface area (Å²) >= 11 is 1.53. The van der Waals surface area contributed by atoms with Crippen molar-refractivity contribution in [1.29, 1.82) is 0 Å². The van der Waals surface area contributed by atoms with Crippen molar-refractivity contribution >= 4 is 23.4 Å². The largest absolute Gasteiger partial charge is 0.468 e. The second-order valence-electron chi connectivity index (χ2n) is 3.49. The summed E-state index contributed by atoms with van der Waals surface area (Å²) in [6.45, 7) is 0. The molecule has 0 aliphatic rings. The van der Waals surface area contributed by atoms with Crippen LogP contribution in [0, 0.1) is 0 Å². The molecular formula is C13H13NO2S. The van der Waals surface area contributed by atoms with Crippen molar-refractivity contribution in [3.63, 3.8) is 0 Å². The van der Waals surface area contributed by atoms with E-state index in [0.29, 0.717) is 5.75 Å². The van der Waals surface area contributed by atoms with E-state index < -0.39 is 0 Å². The molecule has 4 heteroatoms. The fourth-order valence-electron chi connectivity index (χ4n) is 1.36. The number of carbonyl (C=O) groups excluding carboxylic acids is 1. The molecule has 0 atom stereocenters. The maximum absolute atomic E-state index is 11.6. The van der Waals surface area contributed by atoms with E-state index in [9.17, 15) is 4.79 Å². The van der Waals surface area contributed by atoms with Crippen LogP contribution >= 0.6 is 11.8 Å². The molecule has 1 N–H and O–H groups in total. The molecule has 0 radical (unpaired) electrons. The minimum atomic E-state index is 0.00718. The van der Waals surface area contributed by atoms with Gasteiger partial charge in [0.2, 0.25) is 5.91 Å². The number of para-hydroxylation sites is 1. The summed E-state index contributed by atoms with van der Waals surface area (Å²) in [5.41, 5.74) is 0.830. The number of hydrogen-bond acceptors (Lipinski definition) is 3. The van der Waals surface area contributed by atoms with Gasteiger partial charge in [-0.15, -0.1) is 11.8 Å². The Balaban J connectivity index is 1.71. The Kier molecular flexibility index (Phi) is 4.27. The van der Waals surface area contributed by atoms with E-state index in [1.165, 1.54) is 11.8 Å². The van der Waals surface area contributed by atoms with Gasteiger partial charge < -0.3 is 9.73 Å². The Bertz CT molecular complexity index is 454. The van der Waals surface area contributed by atoms with Crippen molar-refractivity contribution in [2.45, 2.75) is 5.75 Å². The second-order valence-corrected chi connectivity index (χ2v) is 4.47. The smallest absolute Gasteiger partial charge is 0.234 e. The Morgan fingerprint density at radius 1 is 1.18 bits per heavy atom. The number of amides is 1. The minimum Gasteiger partial charge on any atom is -0.468 e. The molecule has 88 valence electrons. The highest BCUT2D eigenvalue weighted by atomic mass is 32.2. The van der Waals surface area contributed by atoms with Gasteiger partial charge in [-0.1, -0.05) is 18.2 Å². The zero-order chi connectivity index (χ0) is 11.9. The number of furan rings is 1. The monoisotopic (exact) mass is 247 g/mol. The highest BCUT2D eigenvalue weighted by molar-refractivity contribution is 7.99. The van der Waals surface area contributed by atoms with Gasteiger partial charge in [-0.2, -0.15) is 0 Å². The summed E-state index contributed by atoms with van der Waals surface area (Å²) < 4.78 is 5.18. The molecular weight excluding hydrogens is 234 g/mol. The van der Waals surface area contributed by atoms with Crippen LogP contribution in [0.3, 0.4) is 0 Å². The number of anilines is 1. The third-order valence-electron chi connectivity index (χ3n) is 2.12. The first kappa shape index (κ1) is 11.8. The van der Waals surface area contributed by atoms with Gasteiger partial charge in [-0.3, -0.25) is 4.79 Å². The number of thioether (sulfide) groups is 1. The quantitative estimate of drug-likeness (QED) is 0.882. The molecule has 0 fully saturated rings.